The highest BCUT2D eigenvalue weighted by atomic mass is 16.1. The summed E-state index contributed by atoms with van der Waals surface area (Å²) in [6.07, 6.45) is 9.64. The summed E-state index contributed by atoms with van der Waals surface area (Å²) < 4.78 is 0. The first-order valence-corrected chi connectivity index (χ1v) is 7.15. The lowest BCUT2D eigenvalue weighted by Gasteiger charge is -2.14. The highest BCUT2D eigenvalue weighted by molar-refractivity contribution is 5.93. The predicted molar refractivity (Wildman–Crippen MR) is 78.1 cm³/mol. The van der Waals surface area contributed by atoms with Crippen molar-refractivity contribution in [1.29, 1.82) is 0 Å². The fraction of sp³-hybridized carbons (Fsp3) is 0.429. The number of anilines is 1. The first-order chi connectivity index (χ1) is 10.3. The molecule has 1 aliphatic rings. The molecule has 2 N–H and O–H groups in total. The standard InChI is InChI=1S/C14H18N6O/c21-13(16-4-3-12-9-15-10-19-12)11-7-17-14(18-8-11)20-5-1-2-6-20/h7-10H,1-6H2,(H,15,19)(H,16,21). The molecule has 0 spiro atoms. The Hall–Kier alpha value is -2.44. The second-order valence-corrected chi connectivity index (χ2v) is 5.05. The van der Waals surface area contributed by atoms with Gasteiger partial charge in [-0.15, -0.1) is 0 Å². The van der Waals surface area contributed by atoms with Gasteiger partial charge in [0.25, 0.3) is 5.91 Å². The van der Waals surface area contributed by atoms with Crippen LogP contribution in [0.3, 0.4) is 0 Å². The highest BCUT2D eigenvalue weighted by Crippen LogP contribution is 2.14. The van der Waals surface area contributed by atoms with E-state index in [-0.39, 0.29) is 5.91 Å². The molecule has 0 saturated carbocycles. The van der Waals surface area contributed by atoms with Gasteiger partial charge in [0.15, 0.2) is 0 Å². The van der Waals surface area contributed by atoms with Crippen molar-refractivity contribution in [2.45, 2.75) is 19.3 Å². The summed E-state index contributed by atoms with van der Waals surface area (Å²) in [6, 6.07) is 0. The zero-order valence-corrected chi connectivity index (χ0v) is 11.7. The van der Waals surface area contributed by atoms with Gasteiger partial charge < -0.3 is 15.2 Å². The van der Waals surface area contributed by atoms with Crippen molar-refractivity contribution in [3.63, 3.8) is 0 Å². The van der Waals surface area contributed by atoms with Crippen LogP contribution in [0.2, 0.25) is 0 Å². The average molecular weight is 286 g/mol. The summed E-state index contributed by atoms with van der Waals surface area (Å²) in [5, 5.41) is 2.85. The molecule has 1 saturated heterocycles. The smallest absolute Gasteiger partial charge is 0.254 e. The monoisotopic (exact) mass is 286 g/mol. The van der Waals surface area contributed by atoms with Gasteiger partial charge in [-0.3, -0.25) is 4.79 Å². The second kappa shape index (κ2) is 6.34. The van der Waals surface area contributed by atoms with Gasteiger partial charge in [-0.25, -0.2) is 15.0 Å². The van der Waals surface area contributed by atoms with Crippen molar-refractivity contribution >= 4 is 11.9 Å². The van der Waals surface area contributed by atoms with Crippen LogP contribution in [-0.2, 0) is 6.42 Å². The Morgan fingerprint density at radius 2 is 2.00 bits per heavy atom. The summed E-state index contributed by atoms with van der Waals surface area (Å²) in [5.41, 5.74) is 1.48. The molecule has 1 fully saturated rings. The maximum absolute atomic E-state index is 12.0. The number of hydrogen-bond acceptors (Lipinski definition) is 5. The number of rotatable bonds is 5. The van der Waals surface area contributed by atoms with Gasteiger partial charge in [0, 0.05) is 50.3 Å². The summed E-state index contributed by atoms with van der Waals surface area (Å²) in [7, 11) is 0. The molecule has 3 heterocycles. The number of carbonyl (C=O) groups is 1. The molecule has 2 aromatic rings. The number of imidazole rings is 1. The minimum Gasteiger partial charge on any atom is -0.352 e. The van der Waals surface area contributed by atoms with Crippen LogP contribution in [0.25, 0.3) is 0 Å². The van der Waals surface area contributed by atoms with Gasteiger partial charge in [0.2, 0.25) is 5.95 Å². The average Bonchev–Trinajstić information content (AvgIpc) is 3.21. The quantitative estimate of drug-likeness (QED) is 0.848. The van der Waals surface area contributed by atoms with E-state index in [1.165, 1.54) is 12.8 Å². The molecule has 0 atom stereocenters. The van der Waals surface area contributed by atoms with Crippen LogP contribution in [-0.4, -0.2) is 45.5 Å². The zero-order chi connectivity index (χ0) is 14.5. The van der Waals surface area contributed by atoms with Crippen LogP contribution in [0.1, 0.15) is 28.9 Å². The summed E-state index contributed by atoms with van der Waals surface area (Å²) >= 11 is 0. The lowest BCUT2D eigenvalue weighted by Crippen LogP contribution is -2.26. The zero-order valence-electron chi connectivity index (χ0n) is 11.7. The molecule has 1 aliphatic heterocycles. The second-order valence-electron chi connectivity index (χ2n) is 5.05. The van der Waals surface area contributed by atoms with E-state index >= 15 is 0 Å². The van der Waals surface area contributed by atoms with E-state index in [1.807, 2.05) is 0 Å². The molecule has 3 rings (SSSR count). The normalized spacial score (nSPS) is 14.4. The Bertz CT molecular complexity index is 574. The van der Waals surface area contributed by atoms with Gasteiger partial charge in [0.1, 0.15) is 0 Å². The highest BCUT2D eigenvalue weighted by Gasteiger charge is 2.15. The van der Waals surface area contributed by atoms with E-state index in [0.717, 1.165) is 25.2 Å². The van der Waals surface area contributed by atoms with Gasteiger partial charge in [-0.1, -0.05) is 0 Å². The van der Waals surface area contributed by atoms with Crippen molar-refractivity contribution in [2.24, 2.45) is 0 Å². The largest absolute Gasteiger partial charge is 0.352 e. The molecule has 0 radical (unpaired) electrons. The lowest BCUT2D eigenvalue weighted by molar-refractivity contribution is 0.0953. The molecule has 7 nitrogen and oxygen atoms in total. The number of nitrogens with zero attached hydrogens (tertiary/aromatic N) is 4. The van der Waals surface area contributed by atoms with Crippen LogP contribution in [0.4, 0.5) is 5.95 Å². The maximum atomic E-state index is 12.0. The molecule has 21 heavy (non-hydrogen) atoms. The first kappa shape index (κ1) is 13.5. The number of hydrogen-bond donors (Lipinski definition) is 2. The Balaban J connectivity index is 1.52. The van der Waals surface area contributed by atoms with Crippen LogP contribution in [0.15, 0.2) is 24.9 Å². The lowest BCUT2D eigenvalue weighted by atomic mass is 10.3. The molecule has 0 bridgehead atoms. The van der Waals surface area contributed by atoms with E-state index in [2.05, 4.69) is 30.2 Å². The van der Waals surface area contributed by atoms with E-state index < -0.39 is 0 Å². The SMILES string of the molecule is O=C(NCCc1cnc[nH]1)c1cnc(N2CCCC2)nc1. The Labute approximate surface area is 122 Å². The van der Waals surface area contributed by atoms with Crippen LogP contribution in [0, 0.1) is 0 Å². The van der Waals surface area contributed by atoms with Gasteiger partial charge in [-0.05, 0) is 12.8 Å². The van der Waals surface area contributed by atoms with E-state index in [4.69, 9.17) is 0 Å². The fourth-order valence-electron chi connectivity index (χ4n) is 2.35. The molecule has 0 aromatic carbocycles. The van der Waals surface area contributed by atoms with E-state index in [1.54, 1.807) is 24.9 Å². The predicted octanol–water partition coefficient (Wildman–Crippen LogP) is 0.772. The molecular formula is C14H18N6O. The minimum atomic E-state index is -0.150. The van der Waals surface area contributed by atoms with Crippen LogP contribution < -0.4 is 10.2 Å². The molecule has 1 amide bonds. The topological polar surface area (TPSA) is 86.8 Å². The van der Waals surface area contributed by atoms with Crippen LogP contribution in [0.5, 0.6) is 0 Å². The summed E-state index contributed by atoms with van der Waals surface area (Å²) in [6.45, 7) is 2.54. The molecule has 110 valence electrons. The third kappa shape index (κ3) is 3.36. The molecule has 2 aromatic heterocycles. The Kier molecular flexibility index (Phi) is 4.09. The minimum absolute atomic E-state index is 0.150. The van der Waals surface area contributed by atoms with Crippen molar-refractivity contribution in [2.75, 3.05) is 24.5 Å². The van der Waals surface area contributed by atoms with Gasteiger partial charge in [0.05, 0.1) is 11.9 Å². The molecular weight excluding hydrogens is 268 g/mol. The number of nitrogens with one attached hydrogen (secondary N) is 2. The number of amides is 1. The number of carbonyl (C=O) groups excluding carboxylic acids is 1. The van der Waals surface area contributed by atoms with Crippen molar-refractivity contribution in [1.82, 2.24) is 25.3 Å². The van der Waals surface area contributed by atoms with Gasteiger partial charge >= 0.3 is 0 Å². The Morgan fingerprint density at radius 3 is 2.67 bits per heavy atom. The molecule has 0 unspecified atom stereocenters. The van der Waals surface area contributed by atoms with E-state index in [0.29, 0.717) is 18.1 Å². The third-order valence-corrected chi connectivity index (χ3v) is 3.52. The fourth-order valence-corrected chi connectivity index (χ4v) is 2.35. The number of H-pyrrole nitrogens is 1. The van der Waals surface area contributed by atoms with Crippen molar-refractivity contribution in [3.05, 3.63) is 36.2 Å². The van der Waals surface area contributed by atoms with Gasteiger partial charge in [-0.2, -0.15) is 0 Å². The number of aromatic nitrogens is 4. The first-order valence-electron chi connectivity index (χ1n) is 7.15. The maximum Gasteiger partial charge on any atom is 0.254 e. The number of aromatic amines is 1. The summed E-state index contributed by atoms with van der Waals surface area (Å²) in [5.74, 6) is 0.559. The molecule has 0 aliphatic carbocycles. The third-order valence-electron chi connectivity index (χ3n) is 3.52. The van der Waals surface area contributed by atoms with Crippen molar-refractivity contribution in [3.8, 4) is 0 Å². The van der Waals surface area contributed by atoms with Crippen molar-refractivity contribution < 1.29 is 4.79 Å². The summed E-state index contributed by atoms with van der Waals surface area (Å²) in [4.78, 5) is 29.6. The Morgan fingerprint density at radius 1 is 1.24 bits per heavy atom. The molecule has 7 heteroatoms. The van der Waals surface area contributed by atoms with Crippen LogP contribution >= 0.6 is 0 Å². The van der Waals surface area contributed by atoms with E-state index in [9.17, 15) is 4.79 Å².